The average Bonchev–Trinajstić information content (AvgIpc) is 3.02. The molecule has 48 heavy (non-hydrogen) atoms. The number of hydrogen-bond acceptors (Lipinski definition) is 11. The predicted molar refractivity (Wildman–Crippen MR) is 178 cm³/mol. The van der Waals surface area contributed by atoms with Crippen LogP contribution in [0.3, 0.4) is 0 Å². The zero-order valence-corrected chi connectivity index (χ0v) is 29.2. The van der Waals surface area contributed by atoms with E-state index in [1.54, 1.807) is 45.1 Å². The summed E-state index contributed by atoms with van der Waals surface area (Å²) in [5.74, 6) is -1.42. The fraction of sp³-hybridized carbons (Fsp3) is 0.571. The Balaban J connectivity index is 2.32. The van der Waals surface area contributed by atoms with Gasteiger partial charge >= 0.3 is 6.09 Å². The van der Waals surface area contributed by atoms with E-state index in [9.17, 15) is 24.6 Å². The van der Waals surface area contributed by atoms with Crippen LogP contribution >= 0.6 is 0 Å². The molecule has 0 unspecified atom stereocenters. The first-order valence-electron chi connectivity index (χ1n) is 15.9. The molecule has 0 spiro atoms. The van der Waals surface area contributed by atoms with Gasteiger partial charge in [0.1, 0.15) is 6.10 Å². The van der Waals surface area contributed by atoms with Crippen molar-refractivity contribution in [3.8, 4) is 17.2 Å². The first kappa shape index (κ1) is 38.5. The van der Waals surface area contributed by atoms with Crippen LogP contribution in [-0.4, -0.2) is 93.2 Å². The number of ether oxygens (including phenoxy) is 6. The monoisotopic (exact) mass is 674 g/mol. The van der Waals surface area contributed by atoms with E-state index in [-0.39, 0.29) is 53.1 Å². The van der Waals surface area contributed by atoms with Crippen LogP contribution in [0.4, 0.5) is 10.5 Å². The van der Waals surface area contributed by atoms with Crippen LogP contribution in [0.2, 0.25) is 0 Å². The summed E-state index contributed by atoms with van der Waals surface area (Å²) in [5.41, 5.74) is 6.94. The molecule has 1 aromatic rings. The number of phenols is 1. The van der Waals surface area contributed by atoms with Gasteiger partial charge in [0.15, 0.2) is 23.4 Å². The Morgan fingerprint density at radius 3 is 2.31 bits per heavy atom. The molecule has 4 N–H and O–H groups in total. The van der Waals surface area contributed by atoms with Crippen molar-refractivity contribution in [3.05, 3.63) is 47.1 Å². The topological polar surface area (TPSA) is 176 Å². The van der Waals surface area contributed by atoms with Gasteiger partial charge in [-0.1, -0.05) is 38.2 Å². The van der Waals surface area contributed by atoms with E-state index in [0.717, 1.165) is 0 Å². The molecule has 0 fully saturated rings. The highest BCUT2D eigenvalue weighted by molar-refractivity contribution is 6.07. The molecule has 2 aliphatic heterocycles. The quantitative estimate of drug-likeness (QED) is 0.385. The van der Waals surface area contributed by atoms with Gasteiger partial charge in [-0.3, -0.25) is 9.59 Å². The molecule has 13 nitrogen and oxygen atoms in total. The number of aliphatic hydroxyl groups is 1. The number of Topliss-reactive ketones (excluding diaryl/α,β-unsaturated/α-hetero) is 1. The van der Waals surface area contributed by atoms with Gasteiger partial charge in [-0.05, 0) is 45.1 Å². The van der Waals surface area contributed by atoms with E-state index < -0.39 is 54.7 Å². The zero-order valence-electron chi connectivity index (χ0n) is 29.2. The van der Waals surface area contributed by atoms with Crippen molar-refractivity contribution >= 4 is 23.5 Å². The lowest BCUT2D eigenvalue weighted by Gasteiger charge is -2.36. The van der Waals surface area contributed by atoms with Crippen molar-refractivity contribution in [2.45, 2.75) is 90.6 Å². The summed E-state index contributed by atoms with van der Waals surface area (Å²) in [7, 11) is 5.72. The fourth-order valence-corrected chi connectivity index (χ4v) is 6.34. The number of carbonyl (C=O) groups excluding carboxylic acids is 3. The Bertz CT molecular complexity index is 1420. The van der Waals surface area contributed by atoms with E-state index in [2.05, 4.69) is 0 Å². The number of primary amides is 1. The maximum Gasteiger partial charge on any atom is 0.405 e. The Morgan fingerprint density at radius 2 is 1.73 bits per heavy atom. The normalized spacial score (nSPS) is 32.1. The van der Waals surface area contributed by atoms with Gasteiger partial charge in [-0.2, -0.15) is 0 Å². The van der Waals surface area contributed by atoms with Gasteiger partial charge in [-0.15, -0.1) is 0 Å². The molecule has 0 aliphatic carbocycles. The highest BCUT2D eigenvalue weighted by atomic mass is 16.7. The standard InChI is InChI=1S/C35H50N2O11/c1-18-13-23-31-24(17-25(38)32(23)45-8)37(22(5)16-26(39)34(46-9)47-31)33(41)19(2)11-10-12-27(43-6)30(48-35(36)42)21(4)15-20(3)29(40)28(14-18)44-7/h10-12,15,17-18,20,22,27-30,34,38,40H,13-14,16H2,1-9H3,(H2,36,42)/b12-10-,19-11-,21-15-/t18-,20+,22-,27+,28+,29-,30+,34-/m1/s1. The van der Waals surface area contributed by atoms with Crippen molar-refractivity contribution in [2.24, 2.45) is 17.6 Å². The third-order valence-corrected chi connectivity index (χ3v) is 8.79. The number of allylic oxidation sites excluding steroid dienone is 2. The number of hydrogen-bond donors (Lipinski definition) is 3. The molecule has 4 bridgehead atoms. The number of amides is 2. The number of ketones is 1. The van der Waals surface area contributed by atoms with Gasteiger partial charge in [0.2, 0.25) is 5.78 Å². The average molecular weight is 675 g/mol. The molecule has 2 heterocycles. The molecule has 0 saturated carbocycles. The molecular weight excluding hydrogens is 624 g/mol. The van der Waals surface area contributed by atoms with E-state index in [1.807, 2.05) is 13.8 Å². The Hall–Kier alpha value is -3.91. The van der Waals surface area contributed by atoms with Crippen LogP contribution < -0.4 is 20.1 Å². The number of nitrogens with zero attached hydrogens (tertiary/aromatic N) is 1. The van der Waals surface area contributed by atoms with E-state index in [4.69, 9.17) is 34.2 Å². The van der Waals surface area contributed by atoms with E-state index in [0.29, 0.717) is 17.6 Å². The van der Waals surface area contributed by atoms with E-state index >= 15 is 0 Å². The molecule has 8 atom stereocenters. The van der Waals surface area contributed by atoms with Gasteiger partial charge in [-0.25, -0.2) is 4.79 Å². The van der Waals surface area contributed by atoms with Crippen LogP contribution in [0.1, 0.15) is 53.0 Å². The molecule has 0 saturated heterocycles. The van der Waals surface area contributed by atoms with Gasteiger partial charge < -0.3 is 49.3 Å². The third kappa shape index (κ3) is 8.76. The summed E-state index contributed by atoms with van der Waals surface area (Å²) in [6, 6.07) is 0.724. The number of anilines is 1. The first-order chi connectivity index (χ1) is 22.7. The van der Waals surface area contributed by atoms with Crippen LogP contribution in [0.25, 0.3) is 0 Å². The number of nitrogens with two attached hydrogens (primary N) is 1. The van der Waals surface area contributed by atoms with Gasteiger partial charge in [0, 0.05) is 56.9 Å². The predicted octanol–water partition coefficient (Wildman–Crippen LogP) is 3.97. The summed E-state index contributed by atoms with van der Waals surface area (Å²) in [6.07, 6.45) is 1.46. The molecule has 266 valence electrons. The highest BCUT2D eigenvalue weighted by Crippen LogP contribution is 2.48. The summed E-state index contributed by atoms with van der Waals surface area (Å²) < 4.78 is 34.1. The summed E-state index contributed by atoms with van der Waals surface area (Å²) in [5, 5.41) is 22.7. The van der Waals surface area contributed by atoms with Gasteiger partial charge in [0.25, 0.3) is 12.2 Å². The molecule has 0 radical (unpaired) electrons. The number of methoxy groups -OCH3 is 4. The summed E-state index contributed by atoms with van der Waals surface area (Å²) >= 11 is 0. The second-order valence-electron chi connectivity index (χ2n) is 12.5. The lowest BCUT2D eigenvalue weighted by atomic mass is 9.87. The molecule has 1 aromatic carbocycles. The number of phenolic OH excluding ortho intramolecular Hbond substituents is 1. The highest BCUT2D eigenvalue weighted by Gasteiger charge is 2.38. The number of rotatable bonds is 5. The SMILES string of the molecule is COc1c(O)cc2c3c1C[C@@H](C)C[C@H](OC)[C@H](O)[C@@H](C)/C=C(/C)[C@H](OC(N)=O)[C@@H](OC)/C=C\C=C(\C)C(=O)N2[C@H](C)CC(=O)[C@H](OC)O3. The summed E-state index contributed by atoms with van der Waals surface area (Å²) in [4.78, 5) is 40.8. The lowest BCUT2D eigenvalue weighted by molar-refractivity contribution is -0.146. The number of carbonyl (C=O) groups is 3. The Morgan fingerprint density at radius 1 is 1.04 bits per heavy atom. The van der Waals surface area contributed by atoms with Crippen molar-refractivity contribution in [2.75, 3.05) is 33.3 Å². The van der Waals surface area contributed by atoms with Crippen molar-refractivity contribution in [1.29, 1.82) is 0 Å². The lowest BCUT2D eigenvalue weighted by Crippen LogP contribution is -2.45. The van der Waals surface area contributed by atoms with Crippen molar-refractivity contribution in [3.63, 3.8) is 0 Å². The Kier molecular flexibility index (Phi) is 13.6. The van der Waals surface area contributed by atoms with E-state index in [1.165, 1.54) is 39.4 Å². The molecule has 13 heteroatoms. The first-order valence-corrected chi connectivity index (χ1v) is 15.9. The van der Waals surface area contributed by atoms with Crippen molar-refractivity contribution in [1.82, 2.24) is 0 Å². The second-order valence-corrected chi connectivity index (χ2v) is 12.5. The zero-order chi connectivity index (χ0) is 35.9. The number of aliphatic hydroxyl groups excluding tert-OH is 1. The number of benzene rings is 1. The molecule has 2 aliphatic rings. The Labute approximate surface area is 282 Å². The van der Waals surface area contributed by atoms with Crippen LogP contribution in [0, 0.1) is 11.8 Å². The largest absolute Gasteiger partial charge is 0.504 e. The second kappa shape index (κ2) is 17.0. The molecule has 0 aromatic heterocycles. The maximum atomic E-state index is 14.2. The minimum absolute atomic E-state index is 0.0829. The third-order valence-electron chi connectivity index (χ3n) is 8.79. The summed E-state index contributed by atoms with van der Waals surface area (Å²) in [6.45, 7) is 8.85. The molecular formula is C35H50N2O11. The van der Waals surface area contributed by atoms with Gasteiger partial charge in [0.05, 0.1) is 25.0 Å². The maximum absolute atomic E-state index is 14.2. The fourth-order valence-electron chi connectivity index (χ4n) is 6.34. The number of aromatic hydroxyl groups is 1. The van der Waals surface area contributed by atoms with Crippen molar-refractivity contribution < 1.29 is 53.0 Å². The van der Waals surface area contributed by atoms with Crippen LogP contribution in [0.15, 0.2) is 41.5 Å². The molecule has 2 amide bonds. The molecule has 3 rings (SSSR count). The minimum atomic E-state index is -1.26. The smallest absolute Gasteiger partial charge is 0.405 e. The van der Waals surface area contributed by atoms with Crippen LogP contribution in [-0.2, 0) is 35.0 Å². The van der Waals surface area contributed by atoms with Crippen LogP contribution in [0.5, 0.6) is 17.2 Å². The minimum Gasteiger partial charge on any atom is -0.504 e.